The summed E-state index contributed by atoms with van der Waals surface area (Å²) in [7, 11) is 1.54. The maximum atomic E-state index is 12.3. The number of aromatic nitrogens is 1. The first-order chi connectivity index (χ1) is 9.13. The number of methoxy groups -OCH3 is 1. The number of fused-ring (bicyclic) bond motifs is 1. The van der Waals surface area contributed by atoms with Gasteiger partial charge in [0.15, 0.2) is 0 Å². The molecule has 0 bridgehead atoms. The lowest BCUT2D eigenvalue weighted by Gasteiger charge is -2.13. The highest BCUT2D eigenvalue weighted by atomic mass is 16.5. The molecular weight excluding hydrogens is 246 g/mol. The first-order valence-corrected chi connectivity index (χ1v) is 6.09. The maximum absolute atomic E-state index is 12.3. The molecule has 1 aromatic heterocycles. The van der Waals surface area contributed by atoms with Crippen molar-refractivity contribution in [3.05, 3.63) is 40.2 Å². The molecule has 0 spiro atoms. The number of aromatic carboxylic acids is 1. The van der Waals surface area contributed by atoms with E-state index in [-0.39, 0.29) is 11.6 Å². The van der Waals surface area contributed by atoms with Gasteiger partial charge in [-0.2, -0.15) is 0 Å². The summed E-state index contributed by atoms with van der Waals surface area (Å²) in [4.78, 5) is 23.5. The van der Waals surface area contributed by atoms with E-state index in [0.29, 0.717) is 16.7 Å². The zero-order valence-corrected chi connectivity index (χ0v) is 10.4. The molecule has 1 aliphatic rings. The summed E-state index contributed by atoms with van der Waals surface area (Å²) in [5.41, 5.74) is 0.0437. The van der Waals surface area contributed by atoms with Crippen LogP contribution in [-0.2, 0) is 0 Å². The smallest absolute Gasteiger partial charge is 0.341 e. The van der Waals surface area contributed by atoms with Gasteiger partial charge in [-0.1, -0.05) is 12.1 Å². The number of rotatable bonds is 3. The number of hydrogen-bond acceptors (Lipinski definition) is 3. The van der Waals surface area contributed by atoms with Crippen molar-refractivity contribution in [3.63, 3.8) is 0 Å². The molecule has 1 aliphatic carbocycles. The van der Waals surface area contributed by atoms with Crippen LogP contribution in [-0.4, -0.2) is 22.8 Å². The fourth-order valence-corrected chi connectivity index (χ4v) is 2.36. The molecule has 19 heavy (non-hydrogen) atoms. The lowest BCUT2D eigenvalue weighted by Crippen LogP contribution is -2.26. The molecule has 2 aromatic rings. The third kappa shape index (κ3) is 1.78. The van der Waals surface area contributed by atoms with Gasteiger partial charge in [0.1, 0.15) is 11.3 Å². The molecule has 0 radical (unpaired) electrons. The SMILES string of the molecule is COc1cccc2cc(C(=O)O)c(=O)n(C3CC3)c12. The van der Waals surface area contributed by atoms with E-state index in [9.17, 15) is 9.59 Å². The second-order valence-electron chi connectivity index (χ2n) is 4.67. The maximum Gasteiger partial charge on any atom is 0.341 e. The van der Waals surface area contributed by atoms with Crippen LogP contribution < -0.4 is 10.3 Å². The summed E-state index contributed by atoms with van der Waals surface area (Å²) in [6, 6.07) is 6.87. The fourth-order valence-electron chi connectivity index (χ4n) is 2.36. The van der Waals surface area contributed by atoms with Crippen molar-refractivity contribution in [1.29, 1.82) is 0 Å². The van der Waals surface area contributed by atoms with Gasteiger partial charge in [-0.05, 0) is 25.0 Å². The molecule has 1 saturated carbocycles. The molecule has 1 fully saturated rings. The van der Waals surface area contributed by atoms with Crippen molar-refractivity contribution < 1.29 is 14.6 Å². The Morgan fingerprint density at radius 3 is 2.74 bits per heavy atom. The van der Waals surface area contributed by atoms with E-state index < -0.39 is 11.5 Å². The number of carboxylic acids is 1. The van der Waals surface area contributed by atoms with Crippen LogP contribution in [0.15, 0.2) is 29.1 Å². The van der Waals surface area contributed by atoms with Gasteiger partial charge in [0.2, 0.25) is 0 Å². The Balaban J connectivity index is 2.46. The Morgan fingerprint density at radius 2 is 2.16 bits per heavy atom. The van der Waals surface area contributed by atoms with Crippen LogP contribution in [0, 0.1) is 0 Å². The molecule has 0 atom stereocenters. The van der Waals surface area contributed by atoms with Crippen LogP contribution in [0.4, 0.5) is 0 Å². The van der Waals surface area contributed by atoms with Crippen LogP contribution >= 0.6 is 0 Å². The van der Waals surface area contributed by atoms with Crippen LogP contribution in [0.3, 0.4) is 0 Å². The third-order valence-corrected chi connectivity index (χ3v) is 3.38. The molecule has 5 nitrogen and oxygen atoms in total. The average Bonchev–Trinajstić information content (AvgIpc) is 3.21. The van der Waals surface area contributed by atoms with Crippen LogP contribution in [0.2, 0.25) is 0 Å². The second-order valence-corrected chi connectivity index (χ2v) is 4.67. The number of benzene rings is 1. The summed E-state index contributed by atoms with van der Waals surface area (Å²) < 4.78 is 6.86. The van der Waals surface area contributed by atoms with Crippen molar-refractivity contribution in [2.45, 2.75) is 18.9 Å². The quantitative estimate of drug-likeness (QED) is 0.915. The van der Waals surface area contributed by atoms with Gasteiger partial charge in [-0.15, -0.1) is 0 Å². The summed E-state index contributed by atoms with van der Waals surface area (Å²) in [6.45, 7) is 0. The zero-order chi connectivity index (χ0) is 13.6. The summed E-state index contributed by atoms with van der Waals surface area (Å²) >= 11 is 0. The van der Waals surface area contributed by atoms with Crippen LogP contribution in [0.1, 0.15) is 29.2 Å². The van der Waals surface area contributed by atoms with Gasteiger partial charge in [0.05, 0.1) is 12.6 Å². The highest BCUT2D eigenvalue weighted by molar-refractivity contribution is 5.94. The van der Waals surface area contributed by atoms with Gasteiger partial charge in [-0.25, -0.2) is 4.79 Å². The van der Waals surface area contributed by atoms with Crippen molar-refractivity contribution in [2.75, 3.05) is 7.11 Å². The van der Waals surface area contributed by atoms with Crippen molar-refractivity contribution >= 4 is 16.9 Å². The van der Waals surface area contributed by atoms with E-state index in [1.807, 2.05) is 0 Å². The number of hydrogen-bond donors (Lipinski definition) is 1. The highest BCUT2D eigenvalue weighted by Gasteiger charge is 2.29. The predicted molar refractivity (Wildman–Crippen MR) is 70.0 cm³/mol. The van der Waals surface area contributed by atoms with E-state index in [2.05, 4.69) is 0 Å². The minimum Gasteiger partial charge on any atom is -0.495 e. The molecule has 0 unspecified atom stereocenters. The summed E-state index contributed by atoms with van der Waals surface area (Å²) in [5, 5.41) is 9.85. The summed E-state index contributed by atoms with van der Waals surface area (Å²) in [5.74, 6) is -0.595. The molecule has 0 saturated heterocycles. The van der Waals surface area contributed by atoms with Crippen molar-refractivity contribution in [1.82, 2.24) is 4.57 Å². The topological polar surface area (TPSA) is 68.5 Å². The first kappa shape index (κ1) is 11.8. The van der Waals surface area contributed by atoms with E-state index in [0.717, 1.165) is 12.8 Å². The predicted octanol–water partition coefficient (Wildman–Crippen LogP) is 2.04. The Morgan fingerprint density at radius 1 is 1.42 bits per heavy atom. The van der Waals surface area contributed by atoms with E-state index in [4.69, 9.17) is 9.84 Å². The fraction of sp³-hybridized carbons (Fsp3) is 0.286. The molecule has 5 heteroatoms. The molecule has 0 amide bonds. The largest absolute Gasteiger partial charge is 0.495 e. The minimum atomic E-state index is -1.19. The Bertz CT molecular complexity index is 728. The Labute approximate surface area is 109 Å². The minimum absolute atomic E-state index is 0.0885. The van der Waals surface area contributed by atoms with Gasteiger partial charge >= 0.3 is 5.97 Å². The lowest BCUT2D eigenvalue weighted by atomic mass is 10.1. The number of pyridine rings is 1. The average molecular weight is 259 g/mol. The Kier molecular flexibility index (Phi) is 2.55. The molecule has 1 aromatic carbocycles. The number of nitrogens with zero attached hydrogens (tertiary/aromatic N) is 1. The Hall–Kier alpha value is -2.30. The molecule has 98 valence electrons. The normalized spacial score (nSPS) is 14.6. The zero-order valence-electron chi connectivity index (χ0n) is 10.4. The number of ether oxygens (including phenoxy) is 1. The first-order valence-electron chi connectivity index (χ1n) is 6.09. The monoisotopic (exact) mass is 259 g/mol. The van der Waals surface area contributed by atoms with Gasteiger partial charge in [0, 0.05) is 11.4 Å². The van der Waals surface area contributed by atoms with Gasteiger partial charge in [0.25, 0.3) is 5.56 Å². The number of carbonyl (C=O) groups is 1. The van der Waals surface area contributed by atoms with Gasteiger partial charge < -0.3 is 14.4 Å². The van der Waals surface area contributed by atoms with E-state index in [1.165, 1.54) is 6.07 Å². The molecule has 0 aliphatic heterocycles. The molecular formula is C14H13NO4. The standard InChI is InChI=1S/C14H13NO4/c1-19-11-4-2-3-8-7-10(14(17)18)13(16)15(12(8)11)9-5-6-9/h2-4,7,9H,5-6H2,1H3,(H,17,18). The highest BCUT2D eigenvalue weighted by Crippen LogP contribution is 2.38. The van der Waals surface area contributed by atoms with Crippen molar-refractivity contribution in [2.24, 2.45) is 0 Å². The number of para-hydroxylation sites is 1. The third-order valence-electron chi connectivity index (χ3n) is 3.38. The van der Waals surface area contributed by atoms with E-state index in [1.54, 1.807) is 29.9 Å². The number of carboxylic acid groups (broad SMARTS) is 1. The van der Waals surface area contributed by atoms with Crippen molar-refractivity contribution in [3.8, 4) is 5.75 Å². The second kappa shape index (κ2) is 4.12. The summed E-state index contributed by atoms with van der Waals surface area (Å²) in [6.07, 6.45) is 1.80. The van der Waals surface area contributed by atoms with Gasteiger partial charge in [-0.3, -0.25) is 4.79 Å². The van der Waals surface area contributed by atoms with Crippen LogP contribution in [0.25, 0.3) is 10.9 Å². The molecule has 1 N–H and O–H groups in total. The van der Waals surface area contributed by atoms with E-state index >= 15 is 0 Å². The molecule has 1 heterocycles. The van der Waals surface area contributed by atoms with Crippen LogP contribution in [0.5, 0.6) is 5.75 Å². The lowest BCUT2D eigenvalue weighted by molar-refractivity contribution is 0.0694. The molecule has 3 rings (SSSR count).